The molecule has 2 bridgehead atoms. The Kier molecular flexibility index (Phi) is 6.24. The summed E-state index contributed by atoms with van der Waals surface area (Å²) in [7, 11) is 0. The molecule has 2 saturated heterocycles. The first-order valence-electron chi connectivity index (χ1n) is 8.35. The van der Waals surface area contributed by atoms with Gasteiger partial charge in [0.2, 0.25) is 0 Å². The van der Waals surface area contributed by atoms with Crippen LogP contribution in [-0.4, -0.2) is 35.9 Å². The summed E-state index contributed by atoms with van der Waals surface area (Å²) in [6.07, 6.45) is 3.83. The Labute approximate surface area is 148 Å². The second-order valence-corrected chi connectivity index (χ2v) is 6.66. The van der Waals surface area contributed by atoms with Crippen LogP contribution in [0.5, 0.6) is 5.75 Å². The molecule has 3 rings (SSSR count). The first kappa shape index (κ1) is 18.7. The third-order valence-corrected chi connectivity index (χ3v) is 4.74. The highest BCUT2D eigenvalue weighted by molar-refractivity contribution is 5.94. The van der Waals surface area contributed by atoms with Crippen molar-refractivity contribution in [3.63, 3.8) is 0 Å². The Morgan fingerprint density at radius 1 is 1.25 bits per heavy atom. The Balaban J connectivity index is 0.00000208. The molecule has 0 saturated carbocycles. The number of benzene rings is 1. The van der Waals surface area contributed by atoms with Crippen LogP contribution in [0, 0.1) is 0 Å². The van der Waals surface area contributed by atoms with E-state index in [1.807, 2.05) is 0 Å². The minimum atomic E-state index is -0.579. The third-order valence-electron chi connectivity index (χ3n) is 4.74. The number of amides is 1. The fourth-order valence-corrected chi connectivity index (χ4v) is 3.54. The van der Waals surface area contributed by atoms with E-state index in [0.717, 1.165) is 12.8 Å². The Hall–Kier alpha value is -1.59. The number of nitrogens with one attached hydrogen (secondary N) is 2. The fraction of sp³-hybridized carbons (Fsp3) is 0.556. The van der Waals surface area contributed by atoms with E-state index in [1.165, 1.54) is 19.8 Å². The average Bonchev–Trinajstić information content (AvgIpc) is 2.86. The lowest BCUT2D eigenvalue weighted by Gasteiger charge is -2.30. The molecule has 2 fully saturated rings. The van der Waals surface area contributed by atoms with Gasteiger partial charge >= 0.3 is 0 Å². The van der Waals surface area contributed by atoms with Crippen LogP contribution in [0.15, 0.2) is 24.3 Å². The van der Waals surface area contributed by atoms with Gasteiger partial charge in [-0.25, -0.2) is 0 Å². The lowest BCUT2D eigenvalue weighted by atomic mass is 9.99. The normalized spacial score (nSPS) is 26.2. The number of ketones is 1. The number of piperidine rings is 1. The van der Waals surface area contributed by atoms with E-state index in [-0.39, 0.29) is 30.1 Å². The predicted molar refractivity (Wildman–Crippen MR) is 94.9 cm³/mol. The molecule has 0 aliphatic carbocycles. The first-order valence-corrected chi connectivity index (χ1v) is 8.35. The van der Waals surface area contributed by atoms with E-state index in [4.69, 9.17) is 4.74 Å². The van der Waals surface area contributed by atoms with E-state index < -0.39 is 6.10 Å². The minimum Gasteiger partial charge on any atom is -0.481 e. The second-order valence-electron chi connectivity index (χ2n) is 6.66. The van der Waals surface area contributed by atoms with Gasteiger partial charge < -0.3 is 15.4 Å². The van der Waals surface area contributed by atoms with Gasteiger partial charge in [0.25, 0.3) is 5.91 Å². The van der Waals surface area contributed by atoms with Crippen molar-refractivity contribution in [3.8, 4) is 5.75 Å². The molecule has 2 heterocycles. The highest BCUT2D eigenvalue weighted by Gasteiger charge is 2.34. The largest absolute Gasteiger partial charge is 0.481 e. The molecule has 3 unspecified atom stereocenters. The molecule has 5 nitrogen and oxygen atoms in total. The van der Waals surface area contributed by atoms with E-state index in [9.17, 15) is 9.59 Å². The lowest BCUT2D eigenvalue weighted by molar-refractivity contribution is -0.128. The van der Waals surface area contributed by atoms with Crippen molar-refractivity contribution >= 4 is 24.1 Å². The molecule has 0 radical (unpaired) electrons. The van der Waals surface area contributed by atoms with Crippen molar-refractivity contribution in [2.45, 2.75) is 63.8 Å². The number of carbonyl (C=O) groups excluding carboxylic acids is 2. The summed E-state index contributed by atoms with van der Waals surface area (Å²) in [4.78, 5) is 23.8. The molecule has 6 heteroatoms. The van der Waals surface area contributed by atoms with Crippen LogP contribution in [0.4, 0.5) is 0 Å². The standard InChI is InChI=1S/C18H24N2O3.ClH/c1-11(21)13-4-3-5-17(8-13)23-12(2)18(22)20-16-9-14-6-7-15(10-16)19-14;/h3-5,8,12,14-16,19H,6-7,9-10H2,1-2H3,(H,20,22);1H. The van der Waals surface area contributed by atoms with Gasteiger partial charge in [-0.2, -0.15) is 0 Å². The van der Waals surface area contributed by atoms with Crippen molar-refractivity contribution in [1.29, 1.82) is 0 Å². The molecular formula is C18H25ClN2O3. The van der Waals surface area contributed by atoms with E-state index in [2.05, 4.69) is 10.6 Å². The van der Waals surface area contributed by atoms with Gasteiger partial charge in [-0.15, -0.1) is 12.4 Å². The van der Waals surface area contributed by atoms with E-state index in [1.54, 1.807) is 31.2 Å². The van der Waals surface area contributed by atoms with Gasteiger partial charge in [0.1, 0.15) is 5.75 Å². The maximum absolute atomic E-state index is 12.3. The van der Waals surface area contributed by atoms with Gasteiger partial charge in [-0.05, 0) is 51.7 Å². The summed E-state index contributed by atoms with van der Waals surface area (Å²) >= 11 is 0. The van der Waals surface area contributed by atoms with Gasteiger partial charge in [0, 0.05) is 23.7 Å². The monoisotopic (exact) mass is 352 g/mol. The summed E-state index contributed by atoms with van der Waals surface area (Å²) in [5.74, 6) is 0.438. The summed E-state index contributed by atoms with van der Waals surface area (Å²) < 4.78 is 5.70. The fourth-order valence-electron chi connectivity index (χ4n) is 3.54. The quantitative estimate of drug-likeness (QED) is 0.799. The first-order chi connectivity index (χ1) is 11.0. The summed E-state index contributed by atoms with van der Waals surface area (Å²) in [5, 5.41) is 6.67. The molecule has 0 aromatic heterocycles. The van der Waals surface area contributed by atoms with E-state index in [0.29, 0.717) is 23.4 Å². The van der Waals surface area contributed by atoms with Crippen LogP contribution in [0.2, 0.25) is 0 Å². The van der Waals surface area contributed by atoms with Gasteiger partial charge in [0.15, 0.2) is 11.9 Å². The van der Waals surface area contributed by atoms with Crippen molar-refractivity contribution in [2.75, 3.05) is 0 Å². The van der Waals surface area contributed by atoms with Crippen LogP contribution >= 0.6 is 12.4 Å². The van der Waals surface area contributed by atoms with Crippen molar-refractivity contribution in [3.05, 3.63) is 29.8 Å². The number of Topliss-reactive ketones (excluding diaryl/α,β-unsaturated/α-hetero) is 1. The zero-order chi connectivity index (χ0) is 16.4. The molecule has 1 amide bonds. The lowest BCUT2D eigenvalue weighted by Crippen LogP contribution is -2.50. The molecule has 24 heavy (non-hydrogen) atoms. The van der Waals surface area contributed by atoms with E-state index >= 15 is 0 Å². The molecule has 3 atom stereocenters. The zero-order valence-electron chi connectivity index (χ0n) is 14.1. The van der Waals surface area contributed by atoms with Crippen LogP contribution in [0.1, 0.15) is 49.9 Å². The van der Waals surface area contributed by atoms with Gasteiger partial charge in [0.05, 0.1) is 0 Å². The van der Waals surface area contributed by atoms with Crippen LogP contribution in [0.3, 0.4) is 0 Å². The molecule has 2 aliphatic heterocycles. The number of rotatable bonds is 5. The van der Waals surface area contributed by atoms with Gasteiger partial charge in [-0.1, -0.05) is 12.1 Å². The maximum Gasteiger partial charge on any atom is 0.260 e. The Morgan fingerprint density at radius 3 is 2.54 bits per heavy atom. The molecular weight excluding hydrogens is 328 g/mol. The summed E-state index contributed by atoms with van der Waals surface area (Å²) in [6.45, 7) is 3.26. The SMILES string of the molecule is CC(=O)c1cccc(OC(C)C(=O)NC2CC3CCC(C2)N3)c1.Cl. The highest BCUT2D eigenvalue weighted by Crippen LogP contribution is 2.26. The predicted octanol–water partition coefficient (Wildman–Crippen LogP) is 2.48. The number of hydrogen-bond donors (Lipinski definition) is 2. The van der Waals surface area contributed by atoms with Crippen LogP contribution < -0.4 is 15.4 Å². The Bertz CT molecular complexity index is 596. The number of fused-ring (bicyclic) bond motifs is 2. The highest BCUT2D eigenvalue weighted by atomic mass is 35.5. The number of halogens is 1. The van der Waals surface area contributed by atoms with Crippen molar-refractivity contribution in [1.82, 2.24) is 10.6 Å². The number of carbonyl (C=O) groups is 2. The molecule has 1 aromatic rings. The molecule has 2 aliphatic rings. The van der Waals surface area contributed by atoms with Gasteiger partial charge in [-0.3, -0.25) is 9.59 Å². The van der Waals surface area contributed by atoms with Crippen molar-refractivity contribution < 1.29 is 14.3 Å². The smallest absolute Gasteiger partial charge is 0.260 e. The molecule has 0 spiro atoms. The third kappa shape index (κ3) is 4.48. The van der Waals surface area contributed by atoms with Crippen molar-refractivity contribution in [2.24, 2.45) is 0 Å². The maximum atomic E-state index is 12.3. The minimum absolute atomic E-state index is 0. The second kappa shape index (κ2) is 7.99. The molecule has 132 valence electrons. The molecule has 2 N–H and O–H groups in total. The average molecular weight is 353 g/mol. The molecule has 1 aromatic carbocycles. The number of hydrogen-bond acceptors (Lipinski definition) is 4. The summed E-state index contributed by atoms with van der Waals surface area (Å²) in [5.41, 5.74) is 0.588. The van der Waals surface area contributed by atoms with Crippen LogP contribution in [-0.2, 0) is 4.79 Å². The topological polar surface area (TPSA) is 67.4 Å². The van der Waals surface area contributed by atoms with Crippen LogP contribution in [0.25, 0.3) is 0 Å². The Morgan fingerprint density at radius 2 is 1.92 bits per heavy atom. The number of ether oxygens (including phenoxy) is 1. The zero-order valence-corrected chi connectivity index (χ0v) is 14.9. The summed E-state index contributed by atoms with van der Waals surface area (Å²) in [6, 6.07) is 8.27.